The summed E-state index contributed by atoms with van der Waals surface area (Å²) in [5, 5.41) is 11.3. The first-order valence-electron chi connectivity index (χ1n) is 11.7. The van der Waals surface area contributed by atoms with Gasteiger partial charge in [-0.1, -0.05) is 43.7 Å². The maximum Gasteiger partial charge on any atom is 0.295 e. The van der Waals surface area contributed by atoms with E-state index in [-0.39, 0.29) is 11.3 Å². The molecule has 2 aromatic rings. The number of nitrogens with zero attached hydrogens (tertiary/aromatic N) is 2. The van der Waals surface area contributed by atoms with Gasteiger partial charge in [0.05, 0.1) is 32.9 Å². The van der Waals surface area contributed by atoms with Gasteiger partial charge in [0.2, 0.25) is 5.75 Å². The first kappa shape index (κ1) is 26.1. The molecule has 0 radical (unpaired) electrons. The number of rotatable bonds is 10. The van der Waals surface area contributed by atoms with E-state index >= 15 is 0 Å². The summed E-state index contributed by atoms with van der Waals surface area (Å²) in [6.45, 7) is 8.57. The molecule has 8 nitrogen and oxygen atoms in total. The van der Waals surface area contributed by atoms with Crippen molar-refractivity contribution in [3.05, 3.63) is 58.7 Å². The highest BCUT2D eigenvalue weighted by Gasteiger charge is 2.46. The minimum Gasteiger partial charge on any atom is -0.507 e. The zero-order valence-corrected chi connectivity index (χ0v) is 21.3. The van der Waals surface area contributed by atoms with E-state index in [4.69, 9.17) is 14.2 Å². The fourth-order valence-electron chi connectivity index (χ4n) is 4.37. The Hall–Kier alpha value is -3.52. The van der Waals surface area contributed by atoms with Gasteiger partial charge in [0.25, 0.3) is 11.7 Å². The number of likely N-dealkylation sites (tertiary alicyclic amines) is 1. The maximum atomic E-state index is 13.3. The number of ether oxygens (including phenoxy) is 3. The average molecular weight is 483 g/mol. The van der Waals surface area contributed by atoms with E-state index in [1.807, 2.05) is 32.9 Å². The Kier molecular flexibility index (Phi) is 8.40. The molecule has 188 valence electrons. The lowest BCUT2D eigenvalue weighted by Gasteiger charge is -2.29. The lowest BCUT2D eigenvalue weighted by molar-refractivity contribution is -0.140. The molecule has 35 heavy (non-hydrogen) atoms. The second kappa shape index (κ2) is 11.3. The molecule has 0 saturated carbocycles. The fraction of sp³-hybridized carbons (Fsp3) is 0.407. The quantitative estimate of drug-likeness (QED) is 0.313. The Bertz CT molecular complexity index is 1080. The molecule has 1 N–H and O–H groups in total. The summed E-state index contributed by atoms with van der Waals surface area (Å²) in [7, 11) is 4.52. The Balaban J connectivity index is 2.21. The van der Waals surface area contributed by atoms with Crippen LogP contribution in [0.15, 0.2) is 42.0 Å². The van der Waals surface area contributed by atoms with Gasteiger partial charge in [0.15, 0.2) is 11.5 Å². The van der Waals surface area contributed by atoms with E-state index in [0.29, 0.717) is 41.5 Å². The molecule has 2 aromatic carbocycles. The number of Topliss-reactive ketones (excluding diaryl/α,β-unsaturated/α-hetero) is 1. The Morgan fingerprint density at radius 1 is 0.971 bits per heavy atom. The van der Waals surface area contributed by atoms with Crippen molar-refractivity contribution in [3.8, 4) is 17.2 Å². The van der Waals surface area contributed by atoms with Crippen molar-refractivity contribution < 1.29 is 28.9 Å². The molecule has 1 fully saturated rings. The van der Waals surface area contributed by atoms with Gasteiger partial charge in [0.1, 0.15) is 5.76 Å². The van der Waals surface area contributed by atoms with Crippen LogP contribution in [0.2, 0.25) is 0 Å². The smallest absolute Gasteiger partial charge is 0.295 e. The number of amides is 1. The van der Waals surface area contributed by atoms with Gasteiger partial charge in [-0.15, -0.1) is 0 Å². The number of methoxy groups -OCH3 is 3. The van der Waals surface area contributed by atoms with E-state index in [1.54, 1.807) is 24.3 Å². The zero-order chi connectivity index (χ0) is 25.7. The van der Waals surface area contributed by atoms with Gasteiger partial charge < -0.3 is 29.1 Å². The van der Waals surface area contributed by atoms with Gasteiger partial charge >= 0.3 is 0 Å². The Labute approximate surface area is 206 Å². The van der Waals surface area contributed by atoms with Crippen molar-refractivity contribution in [1.82, 2.24) is 9.80 Å². The Morgan fingerprint density at radius 3 is 2.03 bits per heavy atom. The van der Waals surface area contributed by atoms with Crippen LogP contribution in [0.1, 0.15) is 36.6 Å². The number of hydrogen-bond acceptors (Lipinski definition) is 7. The van der Waals surface area contributed by atoms with Crippen LogP contribution >= 0.6 is 0 Å². The van der Waals surface area contributed by atoms with Crippen LogP contribution in [0.3, 0.4) is 0 Å². The summed E-state index contributed by atoms with van der Waals surface area (Å²) in [6.07, 6.45) is 0. The molecule has 0 aromatic heterocycles. The van der Waals surface area contributed by atoms with E-state index in [0.717, 1.165) is 18.7 Å². The van der Waals surface area contributed by atoms with E-state index in [1.165, 1.54) is 26.2 Å². The third-order valence-electron chi connectivity index (χ3n) is 6.42. The van der Waals surface area contributed by atoms with Crippen LogP contribution in [0, 0.1) is 6.92 Å². The SMILES string of the molecule is CCN(CC)CCN1C(=O)C(=O)C(=C(O)c2ccc(C)cc2)[C@@H]1c1cc(OC)c(OC)c(OC)c1. The maximum absolute atomic E-state index is 13.3. The number of carbonyl (C=O) groups excluding carboxylic acids is 2. The largest absolute Gasteiger partial charge is 0.507 e. The predicted molar refractivity (Wildman–Crippen MR) is 134 cm³/mol. The van der Waals surface area contributed by atoms with Gasteiger partial charge in [0, 0.05) is 18.7 Å². The topological polar surface area (TPSA) is 88.5 Å². The van der Waals surface area contributed by atoms with Crippen molar-refractivity contribution in [2.75, 3.05) is 47.5 Å². The van der Waals surface area contributed by atoms with Gasteiger partial charge in [-0.3, -0.25) is 9.59 Å². The highest BCUT2D eigenvalue weighted by molar-refractivity contribution is 6.46. The number of aryl methyl sites for hydroxylation is 1. The van der Waals surface area contributed by atoms with Gasteiger partial charge in [-0.05, 0) is 37.7 Å². The van der Waals surface area contributed by atoms with Crippen molar-refractivity contribution >= 4 is 17.4 Å². The molecular formula is C27H34N2O6. The minimum atomic E-state index is -0.819. The molecule has 0 spiro atoms. The fourth-order valence-corrected chi connectivity index (χ4v) is 4.37. The third kappa shape index (κ3) is 5.12. The van der Waals surface area contributed by atoms with Crippen LogP contribution in [-0.4, -0.2) is 74.1 Å². The van der Waals surface area contributed by atoms with Gasteiger partial charge in [-0.2, -0.15) is 0 Å². The molecule has 1 saturated heterocycles. The summed E-state index contributed by atoms with van der Waals surface area (Å²) in [6, 6.07) is 9.77. The lowest BCUT2D eigenvalue weighted by atomic mass is 9.94. The van der Waals surface area contributed by atoms with Crippen molar-refractivity contribution in [2.45, 2.75) is 26.8 Å². The molecule has 0 aliphatic carbocycles. The number of aliphatic hydroxyl groups excluding tert-OH is 1. The molecule has 0 unspecified atom stereocenters. The van der Waals surface area contributed by atoms with E-state index < -0.39 is 17.7 Å². The van der Waals surface area contributed by atoms with Crippen LogP contribution in [0.4, 0.5) is 0 Å². The molecule has 1 atom stereocenters. The number of hydrogen-bond donors (Lipinski definition) is 1. The number of carbonyl (C=O) groups is 2. The summed E-state index contributed by atoms with van der Waals surface area (Å²) in [5.74, 6) is -0.395. The summed E-state index contributed by atoms with van der Waals surface area (Å²) < 4.78 is 16.5. The predicted octanol–water partition coefficient (Wildman–Crippen LogP) is 3.78. The van der Waals surface area contributed by atoms with E-state index in [9.17, 15) is 14.7 Å². The normalized spacial score (nSPS) is 17.2. The summed E-state index contributed by atoms with van der Waals surface area (Å²) in [4.78, 5) is 30.2. The number of aliphatic hydroxyl groups is 1. The zero-order valence-electron chi connectivity index (χ0n) is 21.3. The summed E-state index contributed by atoms with van der Waals surface area (Å²) >= 11 is 0. The molecule has 1 heterocycles. The Morgan fingerprint density at radius 2 is 1.54 bits per heavy atom. The second-order valence-electron chi connectivity index (χ2n) is 8.34. The van der Waals surface area contributed by atoms with Crippen LogP contribution < -0.4 is 14.2 Å². The van der Waals surface area contributed by atoms with E-state index in [2.05, 4.69) is 4.90 Å². The lowest BCUT2D eigenvalue weighted by Crippen LogP contribution is -2.38. The highest BCUT2D eigenvalue weighted by Crippen LogP contribution is 2.45. The van der Waals surface area contributed by atoms with Crippen LogP contribution in [-0.2, 0) is 9.59 Å². The standard InChI is InChI=1S/C27H34N2O6/c1-7-28(8-2)13-14-29-23(19-15-20(33-4)26(35-6)21(16-19)34-5)22(25(31)27(29)32)24(30)18-11-9-17(3)10-12-18/h9-12,15-16,23,30H,7-8,13-14H2,1-6H3/t23-/m0/s1. The van der Waals surface area contributed by atoms with Crippen molar-refractivity contribution in [3.63, 3.8) is 0 Å². The number of likely N-dealkylation sites (N-methyl/N-ethyl adjacent to an activating group) is 1. The summed E-state index contributed by atoms with van der Waals surface area (Å²) in [5.41, 5.74) is 2.09. The third-order valence-corrected chi connectivity index (χ3v) is 6.42. The minimum absolute atomic E-state index is 0.0349. The molecule has 0 bridgehead atoms. The first-order valence-corrected chi connectivity index (χ1v) is 11.7. The van der Waals surface area contributed by atoms with Gasteiger partial charge in [-0.25, -0.2) is 0 Å². The monoisotopic (exact) mass is 482 g/mol. The number of benzene rings is 2. The van der Waals surface area contributed by atoms with Crippen LogP contribution in [0.5, 0.6) is 17.2 Å². The molecule has 1 amide bonds. The molecule has 1 aliphatic heterocycles. The molecule has 8 heteroatoms. The number of ketones is 1. The van der Waals surface area contributed by atoms with Crippen molar-refractivity contribution in [1.29, 1.82) is 0 Å². The van der Waals surface area contributed by atoms with Crippen LogP contribution in [0.25, 0.3) is 5.76 Å². The molecule has 3 rings (SSSR count). The molecular weight excluding hydrogens is 448 g/mol. The first-order chi connectivity index (χ1) is 16.8. The molecule has 1 aliphatic rings. The highest BCUT2D eigenvalue weighted by atomic mass is 16.5. The average Bonchev–Trinajstić information content (AvgIpc) is 3.13. The van der Waals surface area contributed by atoms with Crippen molar-refractivity contribution in [2.24, 2.45) is 0 Å². The second-order valence-corrected chi connectivity index (χ2v) is 8.34.